The number of anilines is 2. The van der Waals surface area contributed by atoms with Gasteiger partial charge in [0.1, 0.15) is 5.75 Å². The molecule has 0 aliphatic rings. The maximum atomic E-state index is 6.18. The van der Waals surface area contributed by atoms with Crippen LogP contribution in [0.2, 0.25) is 5.02 Å². The molecule has 0 saturated heterocycles. The molecule has 1 heterocycles. The highest BCUT2D eigenvalue weighted by atomic mass is 35.5. The van der Waals surface area contributed by atoms with Crippen molar-refractivity contribution >= 4 is 23.5 Å². The fourth-order valence-electron chi connectivity index (χ4n) is 1.71. The van der Waals surface area contributed by atoms with Gasteiger partial charge >= 0.3 is 6.01 Å². The quantitative estimate of drug-likeness (QED) is 0.846. The van der Waals surface area contributed by atoms with E-state index in [2.05, 4.69) is 25.6 Å². The fraction of sp³-hybridized carbons (Fsp3) is 0.308. The van der Waals surface area contributed by atoms with Gasteiger partial charge in [0.2, 0.25) is 11.9 Å². The van der Waals surface area contributed by atoms with Crippen LogP contribution in [-0.2, 0) is 6.54 Å². The van der Waals surface area contributed by atoms with Gasteiger partial charge in [-0.3, -0.25) is 0 Å². The first-order valence-corrected chi connectivity index (χ1v) is 6.58. The number of halogens is 1. The SMILES string of the molecule is CNc1nc(NCc2c(Cl)cccc2OC)nc(OC)n1. The van der Waals surface area contributed by atoms with E-state index in [0.717, 1.165) is 5.56 Å². The molecule has 0 aliphatic heterocycles. The van der Waals surface area contributed by atoms with Crippen molar-refractivity contribution in [3.63, 3.8) is 0 Å². The molecule has 0 radical (unpaired) electrons. The molecular formula is C13H16ClN5O2. The van der Waals surface area contributed by atoms with Crippen molar-refractivity contribution in [2.45, 2.75) is 6.54 Å². The molecule has 2 N–H and O–H groups in total. The number of methoxy groups -OCH3 is 2. The molecular weight excluding hydrogens is 294 g/mol. The lowest BCUT2D eigenvalue weighted by Crippen LogP contribution is -2.09. The van der Waals surface area contributed by atoms with E-state index < -0.39 is 0 Å². The van der Waals surface area contributed by atoms with E-state index in [9.17, 15) is 0 Å². The Labute approximate surface area is 127 Å². The van der Waals surface area contributed by atoms with Crippen LogP contribution >= 0.6 is 11.6 Å². The summed E-state index contributed by atoms with van der Waals surface area (Å²) >= 11 is 6.18. The second kappa shape index (κ2) is 6.94. The minimum absolute atomic E-state index is 0.225. The third-order valence-corrected chi connectivity index (χ3v) is 3.09. The molecule has 2 aromatic rings. The molecule has 0 amide bonds. The van der Waals surface area contributed by atoms with E-state index in [1.807, 2.05) is 12.1 Å². The molecule has 0 aliphatic carbocycles. The van der Waals surface area contributed by atoms with Gasteiger partial charge in [0.15, 0.2) is 0 Å². The van der Waals surface area contributed by atoms with Crippen LogP contribution < -0.4 is 20.1 Å². The predicted molar refractivity (Wildman–Crippen MR) is 81.3 cm³/mol. The summed E-state index contributed by atoms with van der Waals surface area (Å²) in [7, 11) is 4.81. The van der Waals surface area contributed by atoms with Crippen LogP contribution in [0, 0.1) is 0 Å². The van der Waals surface area contributed by atoms with Gasteiger partial charge in [0, 0.05) is 24.2 Å². The molecule has 1 aromatic carbocycles. The first-order valence-electron chi connectivity index (χ1n) is 6.21. The molecule has 0 unspecified atom stereocenters. The maximum absolute atomic E-state index is 6.18. The van der Waals surface area contributed by atoms with Crippen LogP contribution in [0.1, 0.15) is 5.56 Å². The molecule has 0 bridgehead atoms. The average molecular weight is 310 g/mol. The van der Waals surface area contributed by atoms with Gasteiger partial charge in [0.25, 0.3) is 0 Å². The lowest BCUT2D eigenvalue weighted by Gasteiger charge is -2.12. The Kier molecular flexibility index (Phi) is 4.99. The first-order chi connectivity index (χ1) is 10.2. The van der Waals surface area contributed by atoms with Gasteiger partial charge < -0.3 is 20.1 Å². The van der Waals surface area contributed by atoms with Gasteiger partial charge in [-0.15, -0.1) is 0 Å². The number of hydrogen-bond donors (Lipinski definition) is 2. The monoisotopic (exact) mass is 309 g/mol. The standard InChI is InChI=1S/C13H16ClN5O2/c1-15-11-17-12(19-13(18-11)21-3)16-7-8-9(14)5-4-6-10(8)20-2/h4-6H,7H2,1-3H3,(H2,15,16,17,18,19). The van der Waals surface area contributed by atoms with E-state index in [0.29, 0.717) is 29.2 Å². The van der Waals surface area contributed by atoms with Crippen molar-refractivity contribution in [3.05, 3.63) is 28.8 Å². The zero-order chi connectivity index (χ0) is 15.2. The normalized spacial score (nSPS) is 10.1. The first kappa shape index (κ1) is 15.1. The molecule has 21 heavy (non-hydrogen) atoms. The van der Waals surface area contributed by atoms with Gasteiger partial charge in [-0.1, -0.05) is 17.7 Å². The lowest BCUT2D eigenvalue weighted by atomic mass is 10.2. The van der Waals surface area contributed by atoms with Gasteiger partial charge in [-0.25, -0.2) is 0 Å². The smallest absolute Gasteiger partial charge is 0.322 e. The average Bonchev–Trinajstić information content (AvgIpc) is 2.52. The molecule has 0 fully saturated rings. The van der Waals surface area contributed by atoms with Crippen LogP contribution in [0.15, 0.2) is 18.2 Å². The van der Waals surface area contributed by atoms with Gasteiger partial charge in [-0.2, -0.15) is 15.0 Å². The molecule has 0 spiro atoms. The maximum Gasteiger partial charge on any atom is 0.322 e. The largest absolute Gasteiger partial charge is 0.496 e. The Hall–Kier alpha value is -2.28. The molecule has 0 saturated carbocycles. The number of ether oxygens (including phenoxy) is 2. The van der Waals surface area contributed by atoms with E-state index in [-0.39, 0.29) is 6.01 Å². The summed E-state index contributed by atoms with van der Waals surface area (Å²) in [6, 6.07) is 5.70. The second-order valence-corrected chi connectivity index (χ2v) is 4.40. The third-order valence-electron chi connectivity index (χ3n) is 2.74. The summed E-state index contributed by atoms with van der Waals surface area (Å²) < 4.78 is 10.3. The number of rotatable bonds is 6. The molecule has 0 atom stereocenters. The Morgan fingerprint density at radius 1 is 1.10 bits per heavy atom. The van der Waals surface area contributed by atoms with Crippen LogP contribution in [0.25, 0.3) is 0 Å². The summed E-state index contributed by atoms with van der Waals surface area (Å²) in [6.07, 6.45) is 0. The molecule has 7 nitrogen and oxygen atoms in total. The Bertz CT molecular complexity index is 601. The van der Waals surface area contributed by atoms with E-state index >= 15 is 0 Å². The Morgan fingerprint density at radius 3 is 2.52 bits per heavy atom. The third kappa shape index (κ3) is 3.63. The van der Waals surface area contributed by atoms with Crippen molar-refractivity contribution in [3.8, 4) is 11.8 Å². The summed E-state index contributed by atoms with van der Waals surface area (Å²) in [5.74, 6) is 1.49. The van der Waals surface area contributed by atoms with E-state index in [1.54, 1.807) is 20.2 Å². The highest BCUT2D eigenvalue weighted by Gasteiger charge is 2.10. The predicted octanol–water partition coefficient (Wildman–Crippen LogP) is 2.20. The van der Waals surface area contributed by atoms with Crippen molar-refractivity contribution in [1.29, 1.82) is 0 Å². The zero-order valence-corrected chi connectivity index (χ0v) is 12.7. The summed E-state index contributed by atoms with van der Waals surface area (Å²) in [5, 5.41) is 6.53. The topological polar surface area (TPSA) is 81.2 Å². The van der Waals surface area contributed by atoms with Crippen LogP contribution in [0.5, 0.6) is 11.8 Å². The fourth-order valence-corrected chi connectivity index (χ4v) is 1.94. The van der Waals surface area contributed by atoms with Crippen LogP contribution in [0.3, 0.4) is 0 Å². The molecule has 8 heteroatoms. The van der Waals surface area contributed by atoms with Crippen LogP contribution in [-0.4, -0.2) is 36.2 Å². The van der Waals surface area contributed by atoms with E-state index in [1.165, 1.54) is 7.11 Å². The van der Waals surface area contributed by atoms with Crippen molar-refractivity contribution in [2.24, 2.45) is 0 Å². The molecule has 2 rings (SSSR count). The summed E-state index contributed by atoms with van der Waals surface area (Å²) in [6.45, 7) is 0.416. The number of hydrogen-bond acceptors (Lipinski definition) is 7. The number of nitrogens with zero attached hydrogens (tertiary/aromatic N) is 3. The minimum Gasteiger partial charge on any atom is -0.496 e. The second-order valence-electron chi connectivity index (χ2n) is 3.99. The number of benzene rings is 1. The lowest BCUT2D eigenvalue weighted by molar-refractivity contribution is 0.379. The number of nitrogens with one attached hydrogen (secondary N) is 2. The molecule has 1 aromatic heterocycles. The van der Waals surface area contributed by atoms with Crippen molar-refractivity contribution in [1.82, 2.24) is 15.0 Å². The van der Waals surface area contributed by atoms with Crippen LogP contribution in [0.4, 0.5) is 11.9 Å². The highest BCUT2D eigenvalue weighted by Crippen LogP contribution is 2.26. The Balaban J connectivity index is 2.20. The zero-order valence-electron chi connectivity index (χ0n) is 12.0. The highest BCUT2D eigenvalue weighted by molar-refractivity contribution is 6.31. The van der Waals surface area contributed by atoms with E-state index in [4.69, 9.17) is 21.1 Å². The van der Waals surface area contributed by atoms with Crippen molar-refractivity contribution in [2.75, 3.05) is 31.9 Å². The van der Waals surface area contributed by atoms with Gasteiger partial charge in [0.05, 0.1) is 14.2 Å². The minimum atomic E-state index is 0.225. The van der Waals surface area contributed by atoms with Gasteiger partial charge in [-0.05, 0) is 12.1 Å². The Morgan fingerprint density at radius 2 is 1.86 bits per heavy atom. The number of aromatic nitrogens is 3. The van der Waals surface area contributed by atoms with Crippen molar-refractivity contribution < 1.29 is 9.47 Å². The molecule has 112 valence electrons. The summed E-state index contributed by atoms with van der Waals surface area (Å²) in [4.78, 5) is 12.3. The summed E-state index contributed by atoms with van der Waals surface area (Å²) in [5.41, 5.74) is 0.826.